The Morgan fingerprint density at radius 1 is 1.17 bits per heavy atom. The maximum atomic E-state index is 11.9. The smallest absolute Gasteiger partial charge is 0.305 e. The highest BCUT2D eigenvalue weighted by Gasteiger charge is 2.09. The zero-order valence-electron chi connectivity index (χ0n) is 12.4. The second-order valence-electron chi connectivity index (χ2n) is 4.48. The van der Waals surface area contributed by atoms with E-state index >= 15 is 0 Å². The number of carboxylic acid groups (broad SMARTS) is 1. The third kappa shape index (κ3) is 6.77. The van der Waals surface area contributed by atoms with E-state index in [1.54, 1.807) is 30.3 Å². The first-order valence-corrected chi connectivity index (χ1v) is 6.67. The maximum Gasteiger partial charge on any atom is 0.305 e. The molecule has 1 aromatic carbocycles. The molecule has 0 fully saturated rings. The van der Waals surface area contributed by atoms with Gasteiger partial charge in [0.25, 0.3) is 5.91 Å². The third-order valence-corrected chi connectivity index (χ3v) is 2.56. The van der Waals surface area contributed by atoms with Gasteiger partial charge < -0.3 is 21.1 Å². The van der Waals surface area contributed by atoms with Crippen molar-refractivity contribution in [2.75, 3.05) is 17.2 Å². The van der Waals surface area contributed by atoms with Crippen molar-refractivity contribution in [2.24, 2.45) is 0 Å². The van der Waals surface area contributed by atoms with Gasteiger partial charge in [-0.05, 0) is 24.3 Å². The van der Waals surface area contributed by atoms with Crippen LogP contribution in [0.4, 0.5) is 11.4 Å². The summed E-state index contributed by atoms with van der Waals surface area (Å²) in [4.78, 5) is 33.2. The molecule has 0 unspecified atom stereocenters. The SMILES string of the molecule is CC(=O)Nc1ccc(NC(=O)/C(C#N)=C\NCCC(=O)O)cc1. The van der Waals surface area contributed by atoms with Gasteiger partial charge in [0.15, 0.2) is 0 Å². The van der Waals surface area contributed by atoms with Crippen molar-refractivity contribution in [2.45, 2.75) is 13.3 Å². The fourth-order valence-electron chi connectivity index (χ4n) is 1.54. The van der Waals surface area contributed by atoms with Crippen LogP contribution in [-0.2, 0) is 14.4 Å². The van der Waals surface area contributed by atoms with Gasteiger partial charge in [0.1, 0.15) is 11.6 Å². The number of anilines is 2. The molecule has 0 aliphatic heterocycles. The second-order valence-corrected chi connectivity index (χ2v) is 4.48. The summed E-state index contributed by atoms with van der Waals surface area (Å²) in [6, 6.07) is 8.11. The fourth-order valence-corrected chi connectivity index (χ4v) is 1.54. The molecule has 0 radical (unpaired) electrons. The molecule has 1 aromatic rings. The normalized spacial score (nSPS) is 10.3. The first-order valence-electron chi connectivity index (χ1n) is 6.67. The number of carboxylic acids is 1. The molecule has 0 aliphatic carbocycles. The number of carbonyl (C=O) groups excluding carboxylic acids is 2. The van der Waals surface area contributed by atoms with E-state index in [0.717, 1.165) is 0 Å². The molecular formula is C15H16N4O4. The lowest BCUT2D eigenvalue weighted by molar-refractivity contribution is -0.136. The Morgan fingerprint density at radius 3 is 2.22 bits per heavy atom. The minimum Gasteiger partial charge on any atom is -0.481 e. The Labute approximate surface area is 132 Å². The Kier molecular flexibility index (Phi) is 6.81. The topological polar surface area (TPSA) is 131 Å². The maximum absolute atomic E-state index is 11.9. The number of carbonyl (C=O) groups is 3. The van der Waals surface area contributed by atoms with Crippen molar-refractivity contribution < 1.29 is 19.5 Å². The number of nitrogens with one attached hydrogen (secondary N) is 3. The van der Waals surface area contributed by atoms with Crippen molar-refractivity contribution in [3.63, 3.8) is 0 Å². The third-order valence-electron chi connectivity index (χ3n) is 2.56. The molecule has 0 spiro atoms. The number of rotatable bonds is 7. The number of benzene rings is 1. The van der Waals surface area contributed by atoms with Crippen LogP contribution in [0.25, 0.3) is 0 Å². The van der Waals surface area contributed by atoms with Gasteiger partial charge in [-0.1, -0.05) is 0 Å². The van der Waals surface area contributed by atoms with Crippen LogP contribution in [0.1, 0.15) is 13.3 Å². The van der Waals surface area contributed by atoms with E-state index in [-0.39, 0.29) is 24.4 Å². The van der Waals surface area contributed by atoms with Crippen LogP contribution in [0, 0.1) is 11.3 Å². The predicted molar refractivity (Wildman–Crippen MR) is 83.3 cm³/mol. The highest BCUT2D eigenvalue weighted by molar-refractivity contribution is 6.06. The zero-order chi connectivity index (χ0) is 17.2. The van der Waals surface area contributed by atoms with E-state index in [0.29, 0.717) is 11.4 Å². The molecule has 0 heterocycles. The van der Waals surface area contributed by atoms with Crippen LogP contribution in [0.3, 0.4) is 0 Å². The first kappa shape index (κ1) is 17.7. The summed E-state index contributed by atoms with van der Waals surface area (Å²) in [7, 11) is 0. The van der Waals surface area contributed by atoms with Crippen LogP contribution in [0.2, 0.25) is 0 Å². The monoisotopic (exact) mass is 316 g/mol. The van der Waals surface area contributed by atoms with Crippen LogP contribution < -0.4 is 16.0 Å². The van der Waals surface area contributed by atoms with Crippen molar-refractivity contribution in [1.82, 2.24) is 5.32 Å². The molecule has 8 nitrogen and oxygen atoms in total. The van der Waals surface area contributed by atoms with Crippen molar-refractivity contribution in [3.8, 4) is 6.07 Å². The highest BCUT2D eigenvalue weighted by Crippen LogP contribution is 2.14. The van der Waals surface area contributed by atoms with Crippen molar-refractivity contribution >= 4 is 29.2 Å². The second kappa shape index (κ2) is 8.84. The van der Waals surface area contributed by atoms with Crippen molar-refractivity contribution in [3.05, 3.63) is 36.0 Å². The molecule has 8 heteroatoms. The van der Waals surface area contributed by atoms with E-state index in [1.807, 2.05) is 0 Å². The van der Waals surface area contributed by atoms with E-state index in [4.69, 9.17) is 10.4 Å². The van der Waals surface area contributed by atoms with Crippen LogP contribution in [0.5, 0.6) is 0 Å². The minimum absolute atomic E-state index is 0.110. The molecular weight excluding hydrogens is 300 g/mol. The first-order chi connectivity index (χ1) is 10.9. The molecule has 4 N–H and O–H groups in total. The summed E-state index contributed by atoms with van der Waals surface area (Å²) in [5, 5.41) is 25.1. The predicted octanol–water partition coefficient (Wildman–Crippen LogP) is 1.06. The average molecular weight is 316 g/mol. The van der Waals surface area contributed by atoms with Gasteiger partial charge in [0.05, 0.1) is 6.42 Å². The lowest BCUT2D eigenvalue weighted by Crippen LogP contribution is -2.18. The van der Waals surface area contributed by atoms with Gasteiger partial charge in [0, 0.05) is 31.0 Å². The van der Waals surface area contributed by atoms with Gasteiger partial charge in [-0.2, -0.15) is 5.26 Å². The van der Waals surface area contributed by atoms with E-state index in [2.05, 4.69) is 16.0 Å². The van der Waals surface area contributed by atoms with Crippen LogP contribution >= 0.6 is 0 Å². The standard InChI is InChI=1S/C15H16N4O4/c1-10(20)18-12-2-4-13(5-3-12)19-15(23)11(8-16)9-17-7-6-14(21)22/h2-5,9,17H,6-7H2,1H3,(H,18,20)(H,19,23)(H,21,22)/b11-9-. The molecule has 1 rings (SSSR count). The molecule has 23 heavy (non-hydrogen) atoms. The van der Waals surface area contributed by atoms with E-state index in [1.165, 1.54) is 13.1 Å². The van der Waals surface area contributed by atoms with Crippen LogP contribution in [-0.4, -0.2) is 29.4 Å². The molecule has 0 atom stereocenters. The fraction of sp³-hybridized carbons (Fsp3) is 0.200. The van der Waals surface area contributed by atoms with Crippen LogP contribution in [0.15, 0.2) is 36.0 Å². The van der Waals surface area contributed by atoms with Gasteiger partial charge in [-0.25, -0.2) is 0 Å². The quantitative estimate of drug-likeness (QED) is 0.338. The molecule has 0 saturated heterocycles. The lowest BCUT2D eigenvalue weighted by Gasteiger charge is -2.06. The van der Waals surface area contributed by atoms with Gasteiger partial charge in [-0.3, -0.25) is 14.4 Å². The molecule has 120 valence electrons. The van der Waals surface area contributed by atoms with Gasteiger partial charge >= 0.3 is 5.97 Å². The van der Waals surface area contributed by atoms with Gasteiger partial charge in [-0.15, -0.1) is 0 Å². The number of nitrogens with zero attached hydrogens (tertiary/aromatic N) is 1. The highest BCUT2D eigenvalue weighted by atomic mass is 16.4. The number of hydrogen-bond acceptors (Lipinski definition) is 5. The van der Waals surface area contributed by atoms with Gasteiger partial charge in [0.2, 0.25) is 5.91 Å². The van der Waals surface area contributed by atoms with Crippen molar-refractivity contribution in [1.29, 1.82) is 5.26 Å². The summed E-state index contributed by atoms with van der Waals surface area (Å²) in [6.45, 7) is 1.50. The number of hydrogen-bond donors (Lipinski definition) is 4. The Balaban J connectivity index is 2.62. The summed E-state index contributed by atoms with van der Waals surface area (Å²) in [5.74, 6) is -1.81. The Bertz CT molecular complexity index is 659. The lowest BCUT2D eigenvalue weighted by atomic mass is 10.2. The number of aliphatic carboxylic acids is 1. The minimum atomic E-state index is -0.979. The molecule has 0 bridgehead atoms. The summed E-state index contributed by atoms with van der Waals surface area (Å²) in [6.07, 6.45) is 1.05. The molecule has 0 aliphatic rings. The number of nitriles is 1. The number of amides is 2. The van der Waals surface area contributed by atoms with E-state index in [9.17, 15) is 14.4 Å². The Morgan fingerprint density at radius 2 is 1.74 bits per heavy atom. The summed E-state index contributed by atoms with van der Waals surface area (Å²) < 4.78 is 0. The largest absolute Gasteiger partial charge is 0.481 e. The van der Waals surface area contributed by atoms with E-state index < -0.39 is 11.9 Å². The summed E-state index contributed by atoms with van der Waals surface area (Å²) >= 11 is 0. The molecule has 0 aromatic heterocycles. The summed E-state index contributed by atoms with van der Waals surface area (Å²) in [5.41, 5.74) is 0.860. The zero-order valence-corrected chi connectivity index (χ0v) is 12.4. The Hall–Kier alpha value is -3.34. The molecule has 0 saturated carbocycles. The molecule has 2 amide bonds. The average Bonchev–Trinajstić information content (AvgIpc) is 2.48.